The van der Waals surface area contributed by atoms with Gasteiger partial charge in [0.05, 0.1) is 0 Å². The fraction of sp³-hybridized carbons (Fsp3) is 0.0741. The van der Waals surface area contributed by atoms with Gasteiger partial charge in [0.1, 0.15) is 6.04 Å². The van der Waals surface area contributed by atoms with E-state index in [0.717, 1.165) is 27.2 Å². The van der Waals surface area contributed by atoms with Gasteiger partial charge in [0.25, 0.3) is 5.91 Å². The van der Waals surface area contributed by atoms with Crippen molar-refractivity contribution < 1.29 is 9.59 Å². The molecule has 6 nitrogen and oxygen atoms in total. The standard InChI is InChI=1S/C27H22N4O2/c32-26(22-9-5-10-23-21(22)13-15-29-23)31-25(16-18-6-2-1-3-7-18)27(33)30-24-11-4-8-19-17-28-14-12-20(19)24/h1-15,17,25,29H,16H2,(H,30,33)(H,31,32). The molecule has 0 aliphatic rings. The van der Waals surface area contributed by atoms with Gasteiger partial charge >= 0.3 is 0 Å². The Bertz CT molecular complexity index is 1440. The second-order valence-electron chi connectivity index (χ2n) is 7.85. The maximum atomic E-state index is 13.4. The molecule has 162 valence electrons. The Morgan fingerprint density at radius 2 is 1.73 bits per heavy atom. The highest BCUT2D eigenvalue weighted by atomic mass is 16.2. The van der Waals surface area contributed by atoms with E-state index in [1.807, 2.05) is 72.8 Å². The van der Waals surface area contributed by atoms with Crippen molar-refractivity contribution in [3.63, 3.8) is 0 Å². The Balaban J connectivity index is 1.44. The van der Waals surface area contributed by atoms with E-state index in [4.69, 9.17) is 0 Å². The number of carbonyl (C=O) groups is 2. The third-order valence-corrected chi connectivity index (χ3v) is 5.68. The lowest BCUT2D eigenvalue weighted by atomic mass is 10.0. The van der Waals surface area contributed by atoms with Crippen molar-refractivity contribution in [1.29, 1.82) is 0 Å². The summed E-state index contributed by atoms with van der Waals surface area (Å²) >= 11 is 0. The third-order valence-electron chi connectivity index (χ3n) is 5.68. The lowest BCUT2D eigenvalue weighted by Gasteiger charge is -2.20. The molecule has 2 aromatic heterocycles. The first-order chi connectivity index (χ1) is 16.2. The molecule has 0 saturated carbocycles. The van der Waals surface area contributed by atoms with E-state index in [2.05, 4.69) is 20.6 Å². The highest BCUT2D eigenvalue weighted by molar-refractivity contribution is 6.09. The molecule has 1 unspecified atom stereocenters. The van der Waals surface area contributed by atoms with Gasteiger partial charge in [-0.2, -0.15) is 0 Å². The zero-order valence-corrected chi connectivity index (χ0v) is 17.8. The molecular weight excluding hydrogens is 412 g/mol. The number of carbonyl (C=O) groups excluding carboxylic acids is 2. The van der Waals surface area contributed by atoms with Crippen molar-refractivity contribution in [3.05, 3.63) is 109 Å². The van der Waals surface area contributed by atoms with Crippen molar-refractivity contribution in [2.45, 2.75) is 12.5 Å². The van der Waals surface area contributed by atoms with Crippen LogP contribution in [0.2, 0.25) is 0 Å². The monoisotopic (exact) mass is 434 g/mol. The van der Waals surface area contributed by atoms with Crippen LogP contribution in [0.25, 0.3) is 21.7 Å². The molecule has 0 radical (unpaired) electrons. The molecule has 0 spiro atoms. The fourth-order valence-electron chi connectivity index (χ4n) is 4.03. The second-order valence-corrected chi connectivity index (χ2v) is 7.85. The van der Waals surface area contributed by atoms with E-state index in [0.29, 0.717) is 17.7 Å². The number of benzene rings is 3. The molecule has 5 rings (SSSR count). The molecule has 1 atom stereocenters. The Labute approximate surface area is 190 Å². The summed E-state index contributed by atoms with van der Waals surface area (Å²) in [6.07, 6.45) is 5.61. The predicted octanol–water partition coefficient (Wildman–Crippen LogP) is 4.70. The van der Waals surface area contributed by atoms with Gasteiger partial charge in [-0.1, -0.05) is 48.5 Å². The Kier molecular flexibility index (Phi) is 5.55. The summed E-state index contributed by atoms with van der Waals surface area (Å²) in [6.45, 7) is 0. The van der Waals surface area contributed by atoms with Crippen molar-refractivity contribution in [2.75, 3.05) is 5.32 Å². The van der Waals surface area contributed by atoms with Crippen molar-refractivity contribution in [2.24, 2.45) is 0 Å². The van der Waals surface area contributed by atoms with E-state index >= 15 is 0 Å². The van der Waals surface area contributed by atoms with Crippen LogP contribution >= 0.6 is 0 Å². The summed E-state index contributed by atoms with van der Waals surface area (Å²) in [5.41, 5.74) is 3.03. The van der Waals surface area contributed by atoms with Crippen molar-refractivity contribution in [3.8, 4) is 0 Å². The summed E-state index contributed by atoms with van der Waals surface area (Å²) in [5, 5.41) is 8.60. The maximum Gasteiger partial charge on any atom is 0.252 e. The number of aromatic amines is 1. The smallest absolute Gasteiger partial charge is 0.252 e. The molecule has 0 fully saturated rings. The van der Waals surface area contributed by atoms with Crippen LogP contribution in [0.5, 0.6) is 0 Å². The molecular formula is C27H22N4O2. The number of nitrogens with zero attached hydrogens (tertiary/aromatic N) is 1. The van der Waals surface area contributed by atoms with Gasteiger partial charge in [-0.25, -0.2) is 0 Å². The number of amides is 2. The minimum Gasteiger partial charge on any atom is -0.361 e. The number of anilines is 1. The maximum absolute atomic E-state index is 13.4. The number of nitrogens with one attached hydrogen (secondary N) is 3. The first kappa shape index (κ1) is 20.5. The van der Waals surface area contributed by atoms with Crippen LogP contribution in [-0.4, -0.2) is 27.8 Å². The van der Waals surface area contributed by atoms with Gasteiger partial charge < -0.3 is 15.6 Å². The summed E-state index contributed by atoms with van der Waals surface area (Å²) in [4.78, 5) is 33.9. The zero-order chi connectivity index (χ0) is 22.6. The third kappa shape index (κ3) is 4.32. The van der Waals surface area contributed by atoms with E-state index in [-0.39, 0.29) is 11.8 Å². The first-order valence-corrected chi connectivity index (χ1v) is 10.7. The number of aromatic nitrogens is 2. The molecule has 0 bridgehead atoms. The number of hydrogen-bond donors (Lipinski definition) is 3. The Morgan fingerprint density at radius 3 is 2.61 bits per heavy atom. The van der Waals surface area contributed by atoms with E-state index in [9.17, 15) is 9.59 Å². The van der Waals surface area contributed by atoms with Crippen LogP contribution in [0.1, 0.15) is 15.9 Å². The number of fused-ring (bicyclic) bond motifs is 2. The minimum atomic E-state index is -0.758. The van der Waals surface area contributed by atoms with Gasteiger partial charge in [-0.05, 0) is 35.9 Å². The lowest BCUT2D eigenvalue weighted by molar-refractivity contribution is -0.118. The molecule has 0 aliphatic carbocycles. The highest BCUT2D eigenvalue weighted by Crippen LogP contribution is 2.23. The lowest BCUT2D eigenvalue weighted by Crippen LogP contribution is -2.45. The zero-order valence-electron chi connectivity index (χ0n) is 17.8. The average molecular weight is 434 g/mol. The van der Waals surface area contributed by atoms with Crippen molar-refractivity contribution in [1.82, 2.24) is 15.3 Å². The molecule has 6 heteroatoms. The molecule has 0 aliphatic heterocycles. The summed E-state index contributed by atoms with van der Waals surface area (Å²) in [6, 6.07) is 23.8. The number of pyridine rings is 1. The van der Waals surface area contributed by atoms with Crippen molar-refractivity contribution >= 4 is 39.2 Å². The average Bonchev–Trinajstić information content (AvgIpc) is 3.33. The minimum absolute atomic E-state index is 0.280. The number of rotatable bonds is 6. The second kappa shape index (κ2) is 8.96. The molecule has 33 heavy (non-hydrogen) atoms. The van der Waals surface area contributed by atoms with Gasteiger partial charge in [-0.15, -0.1) is 0 Å². The van der Waals surface area contributed by atoms with E-state index in [1.165, 1.54) is 0 Å². The molecule has 0 saturated heterocycles. The molecule has 3 aromatic carbocycles. The predicted molar refractivity (Wildman–Crippen MR) is 130 cm³/mol. The molecule has 3 N–H and O–H groups in total. The van der Waals surface area contributed by atoms with Crippen LogP contribution in [0.4, 0.5) is 5.69 Å². The first-order valence-electron chi connectivity index (χ1n) is 10.7. The number of hydrogen-bond acceptors (Lipinski definition) is 3. The summed E-state index contributed by atoms with van der Waals surface area (Å²) < 4.78 is 0. The molecule has 5 aromatic rings. The van der Waals surface area contributed by atoms with Crippen LogP contribution < -0.4 is 10.6 Å². The SMILES string of the molecule is O=C(NC(Cc1ccccc1)C(=O)Nc1cccc2cnccc12)c1cccc2[nH]ccc12. The van der Waals surface area contributed by atoms with Crippen LogP contribution in [0, 0.1) is 0 Å². The Hall–Kier alpha value is -4.45. The highest BCUT2D eigenvalue weighted by Gasteiger charge is 2.23. The quantitative estimate of drug-likeness (QED) is 0.362. The van der Waals surface area contributed by atoms with Gasteiger partial charge in [-0.3, -0.25) is 14.6 Å². The van der Waals surface area contributed by atoms with E-state index < -0.39 is 6.04 Å². The van der Waals surface area contributed by atoms with E-state index in [1.54, 1.807) is 24.7 Å². The fourth-order valence-corrected chi connectivity index (χ4v) is 4.03. The van der Waals surface area contributed by atoms with Crippen LogP contribution in [0.3, 0.4) is 0 Å². The van der Waals surface area contributed by atoms with Gasteiger partial charge in [0.15, 0.2) is 0 Å². The Morgan fingerprint density at radius 1 is 0.879 bits per heavy atom. The summed E-state index contributed by atoms with van der Waals surface area (Å²) in [7, 11) is 0. The normalized spacial score (nSPS) is 11.9. The van der Waals surface area contributed by atoms with Gasteiger partial charge in [0, 0.05) is 57.9 Å². The largest absolute Gasteiger partial charge is 0.361 e. The topological polar surface area (TPSA) is 86.9 Å². The molecule has 2 heterocycles. The number of H-pyrrole nitrogens is 1. The van der Waals surface area contributed by atoms with Crippen LogP contribution in [0.15, 0.2) is 97.5 Å². The molecule has 2 amide bonds. The van der Waals surface area contributed by atoms with Gasteiger partial charge in [0.2, 0.25) is 5.91 Å². The summed E-state index contributed by atoms with van der Waals surface area (Å²) in [5.74, 6) is -0.573. The van der Waals surface area contributed by atoms with Crippen LogP contribution in [-0.2, 0) is 11.2 Å².